The smallest absolute Gasteiger partial charge is 0.277 e. The van der Waals surface area contributed by atoms with Crippen molar-refractivity contribution >= 4 is 11.6 Å². The maximum atomic E-state index is 12.0. The second kappa shape index (κ2) is 5.26. The lowest BCUT2D eigenvalue weighted by molar-refractivity contribution is 0.101. The summed E-state index contributed by atoms with van der Waals surface area (Å²) in [7, 11) is 1.82. The fourth-order valence-electron chi connectivity index (χ4n) is 1.73. The van der Waals surface area contributed by atoms with Crippen LogP contribution in [-0.4, -0.2) is 20.8 Å². The third-order valence-electron chi connectivity index (χ3n) is 2.88. The minimum Gasteiger partial charge on any atom is -0.361 e. The van der Waals surface area contributed by atoms with Crippen molar-refractivity contribution in [3.8, 4) is 0 Å². The van der Waals surface area contributed by atoms with E-state index in [0.717, 1.165) is 17.9 Å². The molecule has 0 aliphatic carbocycles. The van der Waals surface area contributed by atoms with Crippen molar-refractivity contribution in [2.24, 2.45) is 13.0 Å². The normalized spacial score (nSPS) is 11.0. The van der Waals surface area contributed by atoms with Crippen molar-refractivity contribution < 1.29 is 9.32 Å². The van der Waals surface area contributed by atoms with Crippen LogP contribution in [0.25, 0.3) is 0 Å². The number of aromatic nitrogens is 3. The van der Waals surface area contributed by atoms with Gasteiger partial charge in [0.05, 0.1) is 17.6 Å². The number of aryl methyl sites for hydroxylation is 1. The first-order valence-corrected chi connectivity index (χ1v) is 6.23. The first-order valence-electron chi connectivity index (χ1n) is 6.23. The first-order chi connectivity index (χ1) is 8.97. The summed E-state index contributed by atoms with van der Waals surface area (Å²) in [6.45, 7) is 6.05. The Balaban J connectivity index is 2.08. The zero-order chi connectivity index (χ0) is 14.0. The van der Waals surface area contributed by atoms with Crippen molar-refractivity contribution in [2.75, 3.05) is 5.32 Å². The average molecular weight is 262 g/mol. The van der Waals surface area contributed by atoms with Gasteiger partial charge in [-0.25, -0.2) is 0 Å². The number of hydrogen-bond acceptors (Lipinski definition) is 4. The van der Waals surface area contributed by atoms with Crippen LogP contribution in [0.15, 0.2) is 16.8 Å². The summed E-state index contributed by atoms with van der Waals surface area (Å²) in [5.74, 6) is 0.905. The Morgan fingerprint density at radius 3 is 2.84 bits per heavy atom. The molecule has 2 aromatic heterocycles. The van der Waals surface area contributed by atoms with Crippen LogP contribution in [0.1, 0.15) is 35.8 Å². The van der Waals surface area contributed by atoms with Gasteiger partial charge in [-0.05, 0) is 12.8 Å². The topological polar surface area (TPSA) is 73.0 Å². The van der Waals surface area contributed by atoms with E-state index in [4.69, 9.17) is 4.52 Å². The van der Waals surface area contributed by atoms with Gasteiger partial charge in [0.15, 0.2) is 5.69 Å². The highest BCUT2D eigenvalue weighted by atomic mass is 16.5. The summed E-state index contributed by atoms with van der Waals surface area (Å²) in [4.78, 5) is 12.0. The molecule has 0 atom stereocenters. The zero-order valence-corrected chi connectivity index (χ0v) is 11.6. The van der Waals surface area contributed by atoms with E-state index < -0.39 is 0 Å². The van der Waals surface area contributed by atoms with E-state index in [0.29, 0.717) is 17.3 Å². The molecule has 0 saturated heterocycles. The Bertz CT molecular complexity index is 583. The lowest BCUT2D eigenvalue weighted by Crippen LogP contribution is -2.12. The van der Waals surface area contributed by atoms with Gasteiger partial charge in [0.25, 0.3) is 5.91 Å². The highest BCUT2D eigenvalue weighted by Gasteiger charge is 2.15. The molecule has 1 N–H and O–H groups in total. The molecular weight excluding hydrogens is 244 g/mol. The highest BCUT2D eigenvalue weighted by molar-refractivity contribution is 6.03. The standard InChI is InChI=1S/C13H18N4O2/c1-8(2)5-10-6-11(16-19-10)13(18)15-12-7-14-17(4)9(12)3/h6-8H,5H2,1-4H3,(H,15,18). The predicted octanol–water partition coefficient (Wildman–Crippen LogP) is 2.17. The quantitative estimate of drug-likeness (QED) is 0.916. The van der Waals surface area contributed by atoms with Gasteiger partial charge < -0.3 is 9.84 Å². The van der Waals surface area contributed by atoms with Crippen LogP contribution in [0, 0.1) is 12.8 Å². The Labute approximate surface area is 111 Å². The van der Waals surface area contributed by atoms with Crippen LogP contribution in [0.2, 0.25) is 0 Å². The van der Waals surface area contributed by atoms with Crippen molar-refractivity contribution in [3.05, 3.63) is 29.4 Å². The van der Waals surface area contributed by atoms with Gasteiger partial charge >= 0.3 is 0 Å². The summed E-state index contributed by atoms with van der Waals surface area (Å²) in [5, 5.41) is 10.6. The SMILES string of the molecule is Cc1c(NC(=O)c2cc(CC(C)C)on2)cnn1C. The van der Waals surface area contributed by atoms with E-state index in [1.807, 2.05) is 14.0 Å². The summed E-state index contributed by atoms with van der Waals surface area (Å²) < 4.78 is 6.84. The van der Waals surface area contributed by atoms with Crippen molar-refractivity contribution in [3.63, 3.8) is 0 Å². The molecule has 2 rings (SSSR count). The Morgan fingerprint density at radius 1 is 1.53 bits per heavy atom. The van der Waals surface area contributed by atoms with Crippen molar-refractivity contribution in [1.29, 1.82) is 0 Å². The predicted molar refractivity (Wildman–Crippen MR) is 70.9 cm³/mol. The molecule has 0 aliphatic heterocycles. The number of nitrogens with zero attached hydrogens (tertiary/aromatic N) is 3. The van der Waals surface area contributed by atoms with Crippen LogP contribution < -0.4 is 5.32 Å². The molecule has 6 nitrogen and oxygen atoms in total. The van der Waals surface area contributed by atoms with E-state index >= 15 is 0 Å². The summed E-state index contributed by atoms with van der Waals surface area (Å²) in [6, 6.07) is 1.68. The largest absolute Gasteiger partial charge is 0.361 e. The van der Waals surface area contributed by atoms with E-state index in [9.17, 15) is 4.79 Å². The second-order valence-corrected chi connectivity index (χ2v) is 5.00. The van der Waals surface area contributed by atoms with Gasteiger partial charge in [-0.3, -0.25) is 9.48 Å². The molecule has 0 aliphatic rings. The molecule has 2 aromatic rings. The monoisotopic (exact) mass is 262 g/mol. The molecular formula is C13H18N4O2. The molecule has 0 spiro atoms. The number of amides is 1. The van der Waals surface area contributed by atoms with Gasteiger partial charge in [-0.15, -0.1) is 0 Å². The average Bonchev–Trinajstić information content (AvgIpc) is 2.90. The lowest BCUT2D eigenvalue weighted by Gasteiger charge is -2.01. The van der Waals surface area contributed by atoms with E-state index in [1.165, 1.54) is 0 Å². The zero-order valence-electron chi connectivity index (χ0n) is 11.6. The van der Waals surface area contributed by atoms with Crippen molar-refractivity contribution in [2.45, 2.75) is 27.2 Å². The lowest BCUT2D eigenvalue weighted by atomic mass is 10.1. The van der Waals surface area contributed by atoms with Crippen LogP contribution >= 0.6 is 0 Å². The molecule has 6 heteroatoms. The van der Waals surface area contributed by atoms with Crippen LogP contribution in [0.3, 0.4) is 0 Å². The number of carbonyl (C=O) groups excluding carboxylic acids is 1. The molecule has 1 amide bonds. The minimum absolute atomic E-state index is 0.283. The number of hydrogen-bond donors (Lipinski definition) is 1. The maximum absolute atomic E-state index is 12.0. The second-order valence-electron chi connectivity index (χ2n) is 5.00. The molecule has 102 valence electrons. The number of nitrogens with one attached hydrogen (secondary N) is 1. The number of carbonyl (C=O) groups is 1. The van der Waals surface area contributed by atoms with Crippen molar-refractivity contribution in [1.82, 2.24) is 14.9 Å². The number of anilines is 1. The van der Waals surface area contributed by atoms with Gasteiger partial charge in [0.1, 0.15) is 5.76 Å². The molecule has 0 fully saturated rings. The third-order valence-corrected chi connectivity index (χ3v) is 2.88. The highest BCUT2D eigenvalue weighted by Crippen LogP contribution is 2.15. The van der Waals surface area contributed by atoms with E-state index in [2.05, 4.69) is 29.4 Å². The van der Waals surface area contributed by atoms with Gasteiger partial charge in [0.2, 0.25) is 0 Å². The van der Waals surface area contributed by atoms with E-state index in [-0.39, 0.29) is 5.91 Å². The third kappa shape index (κ3) is 3.01. The molecule has 0 unspecified atom stereocenters. The summed E-state index contributed by atoms with van der Waals surface area (Å²) in [5.41, 5.74) is 1.86. The first kappa shape index (κ1) is 13.3. The fourth-order valence-corrected chi connectivity index (χ4v) is 1.73. The fraction of sp³-hybridized carbons (Fsp3) is 0.462. The molecule has 0 radical (unpaired) electrons. The Morgan fingerprint density at radius 2 is 2.26 bits per heavy atom. The molecule has 19 heavy (non-hydrogen) atoms. The summed E-state index contributed by atoms with van der Waals surface area (Å²) in [6.07, 6.45) is 2.38. The van der Waals surface area contributed by atoms with Crippen LogP contribution in [-0.2, 0) is 13.5 Å². The molecule has 0 aromatic carbocycles. The maximum Gasteiger partial charge on any atom is 0.277 e. The molecule has 0 bridgehead atoms. The van der Waals surface area contributed by atoms with E-state index in [1.54, 1.807) is 16.9 Å². The minimum atomic E-state index is -0.283. The van der Waals surface area contributed by atoms with Gasteiger partial charge in [-0.2, -0.15) is 5.10 Å². The summed E-state index contributed by atoms with van der Waals surface area (Å²) >= 11 is 0. The Kier molecular flexibility index (Phi) is 3.69. The van der Waals surface area contributed by atoms with Crippen LogP contribution in [0.5, 0.6) is 0 Å². The Hall–Kier alpha value is -2.11. The van der Waals surface area contributed by atoms with Gasteiger partial charge in [0, 0.05) is 19.5 Å². The molecule has 0 saturated carbocycles. The molecule has 2 heterocycles. The van der Waals surface area contributed by atoms with Gasteiger partial charge in [-0.1, -0.05) is 19.0 Å². The number of rotatable bonds is 4. The van der Waals surface area contributed by atoms with Crippen LogP contribution in [0.4, 0.5) is 5.69 Å².